The molecule has 3 heteroatoms. The number of nitrogens with one attached hydrogen (secondary N) is 1. The molecule has 1 N–H and O–H groups in total. The van der Waals surface area contributed by atoms with E-state index in [4.69, 9.17) is 0 Å². The van der Waals surface area contributed by atoms with Gasteiger partial charge < -0.3 is 10.2 Å². The van der Waals surface area contributed by atoms with Gasteiger partial charge >= 0.3 is 0 Å². The highest BCUT2D eigenvalue weighted by Gasteiger charge is 2.27. The number of rotatable bonds is 5. The molecular weight excluding hydrogens is 200 g/mol. The Bertz CT molecular complexity index is 232. The fourth-order valence-corrected chi connectivity index (χ4v) is 2.45. The Hall–Kier alpha value is -0.570. The van der Waals surface area contributed by atoms with Crippen LogP contribution < -0.4 is 5.32 Å². The van der Waals surface area contributed by atoms with Gasteiger partial charge in [-0.2, -0.15) is 0 Å². The minimum absolute atomic E-state index is 0.373. The van der Waals surface area contributed by atoms with Crippen molar-refractivity contribution in [2.75, 3.05) is 19.6 Å². The monoisotopic (exact) mass is 224 g/mol. The van der Waals surface area contributed by atoms with E-state index in [1.54, 1.807) is 0 Å². The lowest BCUT2D eigenvalue weighted by Gasteiger charge is -2.30. The Labute approximate surface area is 98.6 Å². The van der Waals surface area contributed by atoms with E-state index in [-0.39, 0.29) is 0 Å². The standard InChI is InChI=1S/C13H24N2O/c1-2-15(13(16)9-11-6-7-11)10-12-5-3-4-8-14-12/h11-12,14H,2-10H2,1H3. The lowest BCUT2D eigenvalue weighted by molar-refractivity contribution is -0.131. The highest BCUT2D eigenvalue weighted by atomic mass is 16.2. The molecule has 3 nitrogen and oxygen atoms in total. The SMILES string of the molecule is CCN(CC1CCCCN1)C(=O)CC1CC1. The molecule has 92 valence electrons. The van der Waals surface area contributed by atoms with Gasteiger partial charge in [-0.05, 0) is 45.1 Å². The summed E-state index contributed by atoms with van der Waals surface area (Å²) in [5.74, 6) is 1.08. The van der Waals surface area contributed by atoms with E-state index in [9.17, 15) is 4.79 Å². The van der Waals surface area contributed by atoms with Crippen LogP contribution in [0.3, 0.4) is 0 Å². The molecule has 1 atom stereocenters. The van der Waals surface area contributed by atoms with Crippen LogP contribution in [-0.4, -0.2) is 36.5 Å². The fourth-order valence-electron chi connectivity index (χ4n) is 2.45. The first-order chi connectivity index (χ1) is 7.79. The summed E-state index contributed by atoms with van der Waals surface area (Å²) >= 11 is 0. The number of hydrogen-bond donors (Lipinski definition) is 1. The van der Waals surface area contributed by atoms with Gasteiger partial charge in [-0.25, -0.2) is 0 Å². The van der Waals surface area contributed by atoms with E-state index in [0.717, 1.165) is 26.1 Å². The molecule has 0 aromatic carbocycles. The van der Waals surface area contributed by atoms with Crippen molar-refractivity contribution >= 4 is 5.91 Å². The topological polar surface area (TPSA) is 32.3 Å². The molecule has 1 heterocycles. The zero-order valence-electron chi connectivity index (χ0n) is 10.4. The number of nitrogens with zero attached hydrogens (tertiary/aromatic N) is 1. The molecule has 1 saturated heterocycles. The van der Waals surface area contributed by atoms with Gasteiger partial charge in [0, 0.05) is 25.6 Å². The smallest absolute Gasteiger partial charge is 0.222 e. The Balaban J connectivity index is 1.76. The van der Waals surface area contributed by atoms with Crippen molar-refractivity contribution < 1.29 is 4.79 Å². The number of carbonyl (C=O) groups excluding carboxylic acids is 1. The summed E-state index contributed by atoms with van der Waals surface area (Å²) in [5, 5.41) is 3.51. The maximum atomic E-state index is 12.0. The third kappa shape index (κ3) is 3.48. The van der Waals surface area contributed by atoms with Gasteiger partial charge in [-0.1, -0.05) is 6.42 Å². The van der Waals surface area contributed by atoms with Gasteiger partial charge in [0.05, 0.1) is 0 Å². The molecular formula is C13H24N2O. The van der Waals surface area contributed by atoms with Crippen molar-refractivity contribution in [2.45, 2.75) is 51.5 Å². The van der Waals surface area contributed by atoms with Gasteiger partial charge in [0.15, 0.2) is 0 Å². The van der Waals surface area contributed by atoms with E-state index in [1.807, 2.05) is 4.90 Å². The molecule has 0 aromatic heterocycles. The van der Waals surface area contributed by atoms with Crippen molar-refractivity contribution in [3.63, 3.8) is 0 Å². The van der Waals surface area contributed by atoms with Crippen LogP contribution in [-0.2, 0) is 4.79 Å². The predicted molar refractivity (Wildman–Crippen MR) is 65.2 cm³/mol. The van der Waals surface area contributed by atoms with Crippen LogP contribution in [0.4, 0.5) is 0 Å². The van der Waals surface area contributed by atoms with E-state index in [0.29, 0.717) is 17.9 Å². The normalized spacial score (nSPS) is 25.4. The molecule has 1 aliphatic carbocycles. The minimum atomic E-state index is 0.373. The first kappa shape index (κ1) is 11.9. The van der Waals surface area contributed by atoms with Crippen molar-refractivity contribution in [3.8, 4) is 0 Å². The van der Waals surface area contributed by atoms with Crippen molar-refractivity contribution in [1.82, 2.24) is 10.2 Å². The minimum Gasteiger partial charge on any atom is -0.341 e. The van der Waals surface area contributed by atoms with Gasteiger partial charge in [-0.3, -0.25) is 4.79 Å². The van der Waals surface area contributed by atoms with Crippen LogP contribution in [0.1, 0.15) is 45.4 Å². The number of likely N-dealkylation sites (N-methyl/N-ethyl adjacent to an activating group) is 1. The van der Waals surface area contributed by atoms with Crippen LogP contribution in [0.15, 0.2) is 0 Å². The number of amides is 1. The third-order valence-electron chi connectivity index (χ3n) is 3.75. The first-order valence-electron chi connectivity index (χ1n) is 6.80. The zero-order chi connectivity index (χ0) is 11.4. The molecule has 0 radical (unpaired) electrons. The molecule has 1 aliphatic heterocycles. The van der Waals surface area contributed by atoms with Crippen molar-refractivity contribution in [1.29, 1.82) is 0 Å². The van der Waals surface area contributed by atoms with Crippen LogP contribution in [0.25, 0.3) is 0 Å². The van der Waals surface area contributed by atoms with Crippen LogP contribution in [0.5, 0.6) is 0 Å². The Morgan fingerprint density at radius 3 is 2.69 bits per heavy atom. The molecule has 0 aromatic rings. The summed E-state index contributed by atoms with van der Waals surface area (Å²) in [4.78, 5) is 14.0. The Morgan fingerprint density at radius 1 is 1.31 bits per heavy atom. The average molecular weight is 224 g/mol. The predicted octanol–water partition coefficient (Wildman–Crippen LogP) is 1.78. The van der Waals surface area contributed by atoms with E-state index in [1.165, 1.54) is 32.1 Å². The summed E-state index contributed by atoms with van der Waals surface area (Å²) < 4.78 is 0. The summed E-state index contributed by atoms with van der Waals surface area (Å²) in [6, 6.07) is 0.539. The fraction of sp³-hybridized carbons (Fsp3) is 0.923. The van der Waals surface area contributed by atoms with E-state index in [2.05, 4.69) is 12.2 Å². The molecule has 16 heavy (non-hydrogen) atoms. The molecule has 0 bridgehead atoms. The van der Waals surface area contributed by atoms with Gasteiger partial charge in [0.2, 0.25) is 5.91 Å². The summed E-state index contributed by atoms with van der Waals surface area (Å²) in [6.07, 6.45) is 7.16. The van der Waals surface area contributed by atoms with E-state index >= 15 is 0 Å². The molecule has 1 amide bonds. The lowest BCUT2D eigenvalue weighted by Crippen LogP contribution is -2.45. The Morgan fingerprint density at radius 2 is 2.12 bits per heavy atom. The molecule has 1 saturated carbocycles. The van der Waals surface area contributed by atoms with Crippen LogP contribution in [0, 0.1) is 5.92 Å². The second-order valence-corrected chi connectivity index (χ2v) is 5.23. The molecule has 1 unspecified atom stereocenters. The lowest BCUT2D eigenvalue weighted by atomic mass is 10.0. The van der Waals surface area contributed by atoms with Crippen molar-refractivity contribution in [2.24, 2.45) is 5.92 Å². The maximum absolute atomic E-state index is 12.0. The number of piperidine rings is 1. The summed E-state index contributed by atoms with van der Waals surface area (Å²) in [5.41, 5.74) is 0. The second kappa shape index (κ2) is 5.67. The van der Waals surface area contributed by atoms with Gasteiger partial charge in [0.1, 0.15) is 0 Å². The van der Waals surface area contributed by atoms with Gasteiger partial charge in [-0.15, -0.1) is 0 Å². The first-order valence-corrected chi connectivity index (χ1v) is 6.80. The van der Waals surface area contributed by atoms with Crippen LogP contribution >= 0.6 is 0 Å². The molecule has 2 fully saturated rings. The quantitative estimate of drug-likeness (QED) is 0.772. The highest BCUT2D eigenvalue weighted by molar-refractivity contribution is 5.76. The average Bonchev–Trinajstić information content (AvgIpc) is 3.11. The maximum Gasteiger partial charge on any atom is 0.222 e. The molecule has 2 rings (SSSR count). The zero-order valence-corrected chi connectivity index (χ0v) is 10.4. The van der Waals surface area contributed by atoms with Crippen molar-refractivity contribution in [3.05, 3.63) is 0 Å². The highest BCUT2D eigenvalue weighted by Crippen LogP contribution is 2.32. The third-order valence-corrected chi connectivity index (χ3v) is 3.75. The molecule has 0 spiro atoms. The summed E-state index contributed by atoms with van der Waals surface area (Å²) in [7, 11) is 0. The number of carbonyl (C=O) groups is 1. The van der Waals surface area contributed by atoms with E-state index < -0.39 is 0 Å². The Kier molecular flexibility index (Phi) is 4.22. The molecule has 2 aliphatic rings. The number of hydrogen-bond acceptors (Lipinski definition) is 2. The largest absolute Gasteiger partial charge is 0.341 e. The summed E-state index contributed by atoms with van der Waals surface area (Å²) in [6.45, 7) is 5.00. The van der Waals surface area contributed by atoms with Gasteiger partial charge in [0.25, 0.3) is 0 Å². The van der Waals surface area contributed by atoms with Crippen LogP contribution in [0.2, 0.25) is 0 Å². The second-order valence-electron chi connectivity index (χ2n) is 5.23.